The molecule has 0 N–H and O–H groups in total. The molecule has 0 atom stereocenters. The average molecular weight is 560 g/mol. The lowest BCUT2D eigenvalue weighted by Crippen LogP contribution is -2.27. The Morgan fingerprint density at radius 2 is 1.25 bits per heavy atom. The monoisotopic (exact) mass is 560 g/mol. The third-order valence-electron chi connectivity index (χ3n) is 2.89. The van der Waals surface area contributed by atoms with Crippen molar-refractivity contribution in [3.8, 4) is 11.4 Å². The van der Waals surface area contributed by atoms with E-state index in [0.29, 0.717) is 0 Å². The van der Waals surface area contributed by atoms with E-state index >= 15 is 0 Å². The summed E-state index contributed by atoms with van der Waals surface area (Å²) in [7, 11) is -6.00. The Bertz CT molecular complexity index is 720. The van der Waals surface area contributed by atoms with Crippen molar-refractivity contribution in [2.24, 2.45) is 0 Å². The van der Waals surface area contributed by atoms with Crippen molar-refractivity contribution < 1.29 is 21.8 Å². The number of nitrogens with zero attached hydrogens (tertiary/aromatic N) is 2. The number of benzene rings is 2. The van der Waals surface area contributed by atoms with Crippen LogP contribution < -0.4 is 4.57 Å². The van der Waals surface area contributed by atoms with Crippen molar-refractivity contribution >= 4 is 52.4 Å². The second-order valence-electron chi connectivity index (χ2n) is 4.68. The number of hydrogen-bond acceptors (Lipinski definition) is 0. The van der Waals surface area contributed by atoms with E-state index in [0.717, 1.165) is 0 Å². The first-order valence-electron chi connectivity index (χ1n) is 6.71. The standard InChI is InChI=1S/C15H11I2N2.BF4/c16-12-1-5-14(6-2-12)18-9-10-19(11-18)15-7-3-13(17)4-8-15;2-1(3,4)5/h1-11H;/q+1;-1. The Balaban J connectivity index is 0.000000368. The van der Waals surface area contributed by atoms with Crippen molar-refractivity contribution in [3.63, 3.8) is 0 Å². The van der Waals surface area contributed by atoms with Crippen LogP contribution in [0.15, 0.2) is 67.3 Å². The number of rotatable bonds is 2. The van der Waals surface area contributed by atoms with Crippen molar-refractivity contribution in [1.82, 2.24) is 4.57 Å². The summed E-state index contributed by atoms with van der Waals surface area (Å²) >= 11 is 4.64. The second kappa shape index (κ2) is 8.32. The highest BCUT2D eigenvalue weighted by molar-refractivity contribution is 14.1. The van der Waals surface area contributed by atoms with Gasteiger partial charge in [-0.1, -0.05) is 0 Å². The van der Waals surface area contributed by atoms with Gasteiger partial charge in [-0.3, -0.25) is 0 Å². The van der Waals surface area contributed by atoms with Gasteiger partial charge >= 0.3 is 7.25 Å². The Labute approximate surface area is 163 Å². The number of halogens is 6. The largest absolute Gasteiger partial charge is 0.673 e. The highest BCUT2D eigenvalue weighted by Gasteiger charge is 2.20. The number of aromatic nitrogens is 2. The summed E-state index contributed by atoms with van der Waals surface area (Å²) in [5.74, 6) is 0. The average Bonchev–Trinajstić information content (AvgIpc) is 2.97. The van der Waals surface area contributed by atoms with E-state index in [1.807, 2.05) is 0 Å². The third-order valence-corrected chi connectivity index (χ3v) is 4.32. The Kier molecular flexibility index (Phi) is 6.66. The van der Waals surface area contributed by atoms with E-state index in [9.17, 15) is 17.3 Å². The molecular formula is C15H11BF4I2N2. The third kappa shape index (κ3) is 6.42. The summed E-state index contributed by atoms with van der Waals surface area (Å²) in [6.07, 6.45) is 6.23. The maximum absolute atomic E-state index is 9.75. The normalized spacial score (nSPS) is 10.9. The summed E-state index contributed by atoms with van der Waals surface area (Å²) in [4.78, 5) is 0. The molecule has 0 unspecified atom stereocenters. The van der Waals surface area contributed by atoms with Crippen LogP contribution in [0.25, 0.3) is 11.4 Å². The first-order chi connectivity index (χ1) is 11.2. The van der Waals surface area contributed by atoms with E-state index < -0.39 is 7.25 Å². The van der Waals surface area contributed by atoms with Crippen LogP contribution in [0.3, 0.4) is 0 Å². The minimum absolute atomic E-state index is 1.17. The molecule has 0 spiro atoms. The lowest BCUT2D eigenvalue weighted by molar-refractivity contribution is -0.594. The van der Waals surface area contributed by atoms with Gasteiger partial charge in [0.15, 0.2) is 0 Å². The van der Waals surface area contributed by atoms with Gasteiger partial charge in [-0.25, -0.2) is 9.13 Å². The molecule has 0 bridgehead atoms. The summed E-state index contributed by atoms with van der Waals surface area (Å²) in [6.45, 7) is 0. The fraction of sp³-hybridized carbons (Fsp3) is 0. The zero-order valence-corrected chi connectivity index (χ0v) is 16.4. The molecule has 0 amide bonds. The molecule has 2 aromatic carbocycles. The summed E-state index contributed by atoms with van der Waals surface area (Å²) in [6, 6.07) is 17.0. The smallest absolute Gasteiger partial charge is 0.418 e. The SMILES string of the molecule is F[B-](F)(F)F.Ic1ccc(-n2cc[n+](-c3ccc(I)cc3)c2)cc1. The van der Waals surface area contributed by atoms with Crippen LogP contribution >= 0.6 is 45.2 Å². The van der Waals surface area contributed by atoms with Crippen LogP contribution in [0, 0.1) is 7.14 Å². The number of imidazole rings is 1. The van der Waals surface area contributed by atoms with Crippen LogP contribution in [0.5, 0.6) is 0 Å². The van der Waals surface area contributed by atoms with Gasteiger partial charge in [0.2, 0.25) is 0 Å². The lowest BCUT2D eigenvalue weighted by Gasteiger charge is -1.97. The van der Waals surface area contributed by atoms with Gasteiger partial charge < -0.3 is 17.3 Å². The van der Waals surface area contributed by atoms with Gasteiger partial charge in [0.05, 0.1) is 0 Å². The molecule has 0 aliphatic rings. The molecular weight excluding hydrogens is 549 g/mol. The second-order valence-corrected chi connectivity index (χ2v) is 7.17. The Morgan fingerprint density at radius 1 is 0.792 bits per heavy atom. The zero-order chi connectivity index (χ0) is 17.7. The molecule has 0 radical (unpaired) electrons. The minimum Gasteiger partial charge on any atom is -0.418 e. The zero-order valence-electron chi connectivity index (χ0n) is 12.1. The molecule has 2 nitrogen and oxygen atoms in total. The van der Waals surface area contributed by atoms with Gasteiger partial charge in [-0.15, -0.1) is 0 Å². The molecule has 9 heteroatoms. The van der Waals surface area contributed by atoms with Crippen molar-refractivity contribution in [3.05, 3.63) is 74.4 Å². The molecule has 24 heavy (non-hydrogen) atoms. The summed E-state index contributed by atoms with van der Waals surface area (Å²) < 4.78 is 45.7. The van der Waals surface area contributed by atoms with Gasteiger partial charge in [0, 0.05) is 7.14 Å². The molecule has 1 heterocycles. The lowest BCUT2D eigenvalue weighted by atomic mass is 10.3. The number of hydrogen-bond donors (Lipinski definition) is 0. The predicted molar refractivity (Wildman–Crippen MR) is 103 cm³/mol. The highest BCUT2D eigenvalue weighted by atomic mass is 127. The maximum atomic E-state index is 9.75. The topological polar surface area (TPSA) is 8.81 Å². The van der Waals surface area contributed by atoms with Crippen molar-refractivity contribution in [1.29, 1.82) is 0 Å². The Hall–Kier alpha value is -1.11. The first kappa shape index (κ1) is 19.2. The fourth-order valence-corrected chi connectivity index (χ4v) is 2.61. The van der Waals surface area contributed by atoms with E-state index in [4.69, 9.17) is 0 Å². The first-order valence-corrected chi connectivity index (χ1v) is 8.86. The molecule has 1 aromatic heterocycles. The van der Waals surface area contributed by atoms with Gasteiger partial charge in [-0.05, 0) is 93.7 Å². The molecule has 0 saturated heterocycles. The molecule has 3 aromatic rings. The van der Waals surface area contributed by atoms with Crippen LogP contribution in [0.2, 0.25) is 0 Å². The molecule has 0 saturated carbocycles. The summed E-state index contributed by atoms with van der Waals surface area (Å²) in [5.41, 5.74) is 2.34. The highest BCUT2D eigenvalue weighted by Crippen LogP contribution is 2.11. The molecule has 3 rings (SSSR count). The minimum atomic E-state index is -6.00. The van der Waals surface area contributed by atoms with E-state index in [-0.39, 0.29) is 0 Å². The molecule has 0 aliphatic carbocycles. The van der Waals surface area contributed by atoms with Gasteiger partial charge in [0.1, 0.15) is 23.8 Å². The van der Waals surface area contributed by atoms with Crippen molar-refractivity contribution in [2.45, 2.75) is 0 Å². The van der Waals surface area contributed by atoms with Gasteiger partial charge in [0.25, 0.3) is 6.33 Å². The molecule has 0 fully saturated rings. The van der Waals surface area contributed by atoms with Crippen LogP contribution in [-0.4, -0.2) is 11.8 Å². The maximum Gasteiger partial charge on any atom is 0.673 e. The summed E-state index contributed by atoms with van der Waals surface area (Å²) in [5, 5.41) is 0. The van der Waals surface area contributed by atoms with E-state index in [1.165, 1.54) is 18.5 Å². The van der Waals surface area contributed by atoms with Crippen LogP contribution in [-0.2, 0) is 0 Å². The van der Waals surface area contributed by atoms with Crippen molar-refractivity contribution in [2.75, 3.05) is 0 Å². The fourth-order valence-electron chi connectivity index (χ4n) is 1.89. The molecule has 0 aliphatic heterocycles. The van der Waals surface area contributed by atoms with Crippen LogP contribution in [0.1, 0.15) is 0 Å². The quantitative estimate of drug-likeness (QED) is 0.175. The van der Waals surface area contributed by atoms with Gasteiger partial charge in [-0.2, -0.15) is 0 Å². The van der Waals surface area contributed by atoms with E-state index in [1.54, 1.807) is 0 Å². The van der Waals surface area contributed by atoms with Crippen LogP contribution in [0.4, 0.5) is 17.3 Å². The molecule has 126 valence electrons. The predicted octanol–water partition coefficient (Wildman–Crippen LogP) is 5.26. The Morgan fingerprint density at radius 3 is 1.75 bits per heavy atom. The van der Waals surface area contributed by atoms with E-state index in [2.05, 4.69) is 122 Å².